The van der Waals surface area contributed by atoms with Crippen molar-refractivity contribution in [2.75, 3.05) is 11.9 Å². The molecular weight excluding hydrogens is 245 g/mol. The number of alkyl halides is 3. The molecule has 1 aromatic carbocycles. The zero-order valence-corrected chi connectivity index (χ0v) is 9.55. The van der Waals surface area contributed by atoms with Crippen molar-refractivity contribution in [2.24, 2.45) is 0 Å². The quantitative estimate of drug-likeness (QED) is 0.855. The van der Waals surface area contributed by atoms with Gasteiger partial charge < -0.3 is 10.6 Å². The van der Waals surface area contributed by atoms with Crippen molar-refractivity contribution in [1.82, 2.24) is 5.32 Å². The van der Waals surface area contributed by atoms with Gasteiger partial charge in [0.15, 0.2) is 0 Å². The standard InChI is InChI=1S/C12H13F3N2O/c13-12(14,15)8-3-1-4-9(7-8)17-11(18)10-5-2-6-16-10/h1,3-4,7,10,16H,2,5-6H2,(H,17,18)/t10-/m0/s1. The van der Waals surface area contributed by atoms with Crippen LogP contribution >= 0.6 is 0 Å². The summed E-state index contributed by atoms with van der Waals surface area (Å²) in [4.78, 5) is 11.7. The number of carbonyl (C=O) groups is 1. The monoisotopic (exact) mass is 258 g/mol. The average molecular weight is 258 g/mol. The molecule has 1 fully saturated rings. The molecule has 98 valence electrons. The normalized spacial score (nSPS) is 19.8. The van der Waals surface area contributed by atoms with Gasteiger partial charge in [0, 0.05) is 5.69 Å². The molecule has 1 amide bonds. The summed E-state index contributed by atoms with van der Waals surface area (Å²) in [5, 5.41) is 5.48. The van der Waals surface area contributed by atoms with E-state index in [0.717, 1.165) is 25.1 Å². The van der Waals surface area contributed by atoms with Crippen LogP contribution in [0.1, 0.15) is 18.4 Å². The molecule has 3 nitrogen and oxygen atoms in total. The predicted octanol–water partition coefficient (Wildman–Crippen LogP) is 2.40. The Morgan fingerprint density at radius 3 is 2.78 bits per heavy atom. The molecule has 18 heavy (non-hydrogen) atoms. The van der Waals surface area contributed by atoms with E-state index in [2.05, 4.69) is 10.6 Å². The Hall–Kier alpha value is -1.56. The summed E-state index contributed by atoms with van der Waals surface area (Å²) in [5.41, 5.74) is -0.594. The minimum Gasteiger partial charge on any atom is -0.325 e. The Bertz CT molecular complexity index is 439. The molecule has 1 aromatic rings. The lowest BCUT2D eigenvalue weighted by atomic mass is 10.1. The molecule has 2 rings (SSSR count). The van der Waals surface area contributed by atoms with Gasteiger partial charge in [-0.05, 0) is 37.6 Å². The summed E-state index contributed by atoms with van der Waals surface area (Å²) >= 11 is 0. The summed E-state index contributed by atoms with van der Waals surface area (Å²) in [6.45, 7) is 0.765. The van der Waals surface area contributed by atoms with Gasteiger partial charge in [0.2, 0.25) is 5.91 Å². The maximum atomic E-state index is 12.5. The summed E-state index contributed by atoms with van der Waals surface area (Å²) < 4.78 is 37.4. The number of benzene rings is 1. The highest BCUT2D eigenvalue weighted by Crippen LogP contribution is 2.30. The molecule has 0 unspecified atom stereocenters. The maximum absolute atomic E-state index is 12.5. The largest absolute Gasteiger partial charge is 0.416 e. The molecule has 1 saturated heterocycles. The second-order valence-corrected chi connectivity index (χ2v) is 4.22. The van der Waals surface area contributed by atoms with Crippen LogP contribution in [-0.4, -0.2) is 18.5 Å². The number of amides is 1. The van der Waals surface area contributed by atoms with Crippen LogP contribution in [0.4, 0.5) is 18.9 Å². The number of carbonyl (C=O) groups excluding carboxylic acids is 1. The fraction of sp³-hybridized carbons (Fsp3) is 0.417. The molecule has 0 bridgehead atoms. The Morgan fingerprint density at radius 1 is 1.39 bits per heavy atom. The van der Waals surface area contributed by atoms with E-state index in [0.29, 0.717) is 6.42 Å². The molecule has 0 spiro atoms. The Kier molecular flexibility index (Phi) is 3.56. The second kappa shape index (κ2) is 4.97. The van der Waals surface area contributed by atoms with Crippen molar-refractivity contribution in [3.8, 4) is 0 Å². The van der Waals surface area contributed by atoms with Gasteiger partial charge in [-0.1, -0.05) is 6.07 Å². The fourth-order valence-electron chi connectivity index (χ4n) is 1.91. The van der Waals surface area contributed by atoms with Gasteiger partial charge in [0.25, 0.3) is 0 Å². The van der Waals surface area contributed by atoms with Crippen LogP contribution in [0.5, 0.6) is 0 Å². The van der Waals surface area contributed by atoms with E-state index in [1.807, 2.05) is 0 Å². The van der Waals surface area contributed by atoms with Gasteiger partial charge >= 0.3 is 6.18 Å². The molecule has 1 aliphatic rings. The molecule has 0 saturated carbocycles. The van der Waals surface area contributed by atoms with Crippen LogP contribution in [0, 0.1) is 0 Å². The molecular formula is C12H13F3N2O. The van der Waals surface area contributed by atoms with Crippen molar-refractivity contribution < 1.29 is 18.0 Å². The van der Waals surface area contributed by atoms with Crippen molar-refractivity contribution in [3.63, 3.8) is 0 Å². The Labute approximate surface area is 102 Å². The summed E-state index contributed by atoms with van der Waals surface area (Å²) in [7, 11) is 0. The zero-order valence-electron chi connectivity index (χ0n) is 9.55. The smallest absolute Gasteiger partial charge is 0.325 e. The third kappa shape index (κ3) is 3.01. The van der Waals surface area contributed by atoms with E-state index in [1.165, 1.54) is 12.1 Å². The fourth-order valence-corrected chi connectivity index (χ4v) is 1.91. The third-order valence-electron chi connectivity index (χ3n) is 2.83. The highest BCUT2D eigenvalue weighted by molar-refractivity contribution is 5.95. The first kappa shape index (κ1) is 12.9. The van der Waals surface area contributed by atoms with E-state index in [-0.39, 0.29) is 17.6 Å². The van der Waals surface area contributed by atoms with Gasteiger partial charge in [-0.25, -0.2) is 0 Å². The number of anilines is 1. The summed E-state index contributed by atoms with van der Waals surface area (Å²) in [5.74, 6) is -0.285. The van der Waals surface area contributed by atoms with Gasteiger partial charge in [-0.3, -0.25) is 4.79 Å². The first-order chi connectivity index (χ1) is 8.47. The van der Waals surface area contributed by atoms with Crippen molar-refractivity contribution in [2.45, 2.75) is 25.1 Å². The lowest BCUT2D eigenvalue weighted by Gasteiger charge is -2.12. The second-order valence-electron chi connectivity index (χ2n) is 4.22. The minimum absolute atomic E-state index is 0.170. The minimum atomic E-state index is -4.40. The maximum Gasteiger partial charge on any atom is 0.416 e. The number of hydrogen-bond donors (Lipinski definition) is 2. The first-order valence-corrected chi connectivity index (χ1v) is 5.68. The number of rotatable bonds is 2. The molecule has 2 N–H and O–H groups in total. The van der Waals surface area contributed by atoms with Gasteiger partial charge in [0.05, 0.1) is 11.6 Å². The molecule has 1 aliphatic heterocycles. The van der Waals surface area contributed by atoms with Crippen molar-refractivity contribution >= 4 is 11.6 Å². The zero-order chi connectivity index (χ0) is 13.2. The molecule has 1 heterocycles. The molecule has 0 aromatic heterocycles. The lowest BCUT2D eigenvalue weighted by molar-refractivity contribution is -0.137. The van der Waals surface area contributed by atoms with Crippen molar-refractivity contribution in [3.05, 3.63) is 29.8 Å². The summed E-state index contributed by atoms with van der Waals surface area (Å²) in [6, 6.07) is 4.33. The molecule has 0 aliphatic carbocycles. The first-order valence-electron chi connectivity index (χ1n) is 5.68. The van der Waals surface area contributed by atoms with Gasteiger partial charge in [-0.15, -0.1) is 0 Å². The predicted molar refractivity (Wildman–Crippen MR) is 61.1 cm³/mol. The lowest BCUT2D eigenvalue weighted by Crippen LogP contribution is -2.35. The van der Waals surface area contributed by atoms with Crippen LogP contribution in [-0.2, 0) is 11.0 Å². The van der Waals surface area contributed by atoms with Crippen LogP contribution in [0.2, 0.25) is 0 Å². The van der Waals surface area contributed by atoms with Crippen LogP contribution < -0.4 is 10.6 Å². The van der Waals surface area contributed by atoms with E-state index < -0.39 is 11.7 Å². The third-order valence-corrected chi connectivity index (χ3v) is 2.83. The van der Waals surface area contributed by atoms with E-state index in [9.17, 15) is 18.0 Å². The Balaban J connectivity index is 2.07. The van der Waals surface area contributed by atoms with Crippen molar-refractivity contribution in [1.29, 1.82) is 0 Å². The highest BCUT2D eigenvalue weighted by Gasteiger charge is 2.30. The average Bonchev–Trinajstić information content (AvgIpc) is 2.81. The van der Waals surface area contributed by atoms with Gasteiger partial charge in [-0.2, -0.15) is 13.2 Å². The number of hydrogen-bond acceptors (Lipinski definition) is 2. The molecule has 6 heteroatoms. The highest BCUT2D eigenvalue weighted by atomic mass is 19.4. The van der Waals surface area contributed by atoms with Crippen LogP contribution in [0.3, 0.4) is 0 Å². The van der Waals surface area contributed by atoms with E-state index in [1.54, 1.807) is 0 Å². The van der Waals surface area contributed by atoms with Crippen LogP contribution in [0.15, 0.2) is 24.3 Å². The summed E-state index contributed by atoms with van der Waals surface area (Å²) in [6.07, 6.45) is -2.78. The van der Waals surface area contributed by atoms with E-state index >= 15 is 0 Å². The molecule has 1 atom stereocenters. The number of halogens is 3. The van der Waals surface area contributed by atoms with E-state index in [4.69, 9.17) is 0 Å². The van der Waals surface area contributed by atoms with Gasteiger partial charge in [0.1, 0.15) is 0 Å². The topological polar surface area (TPSA) is 41.1 Å². The number of nitrogens with one attached hydrogen (secondary N) is 2. The van der Waals surface area contributed by atoms with Crippen LogP contribution in [0.25, 0.3) is 0 Å². The SMILES string of the molecule is O=C(Nc1cccc(C(F)(F)F)c1)[C@@H]1CCCN1. The molecule has 0 radical (unpaired) electrons. The Morgan fingerprint density at radius 2 is 2.17 bits per heavy atom.